The van der Waals surface area contributed by atoms with Gasteiger partial charge in [0, 0.05) is 0 Å². The van der Waals surface area contributed by atoms with Crippen molar-refractivity contribution in [3.63, 3.8) is 0 Å². The van der Waals surface area contributed by atoms with Gasteiger partial charge in [0.2, 0.25) is 6.71 Å². The first kappa shape index (κ1) is 19.6. The zero-order valence-corrected chi connectivity index (χ0v) is 20.2. The van der Waals surface area contributed by atoms with E-state index in [1.165, 1.54) is 81.4 Å². The third kappa shape index (κ3) is 2.59. The molecule has 0 atom stereocenters. The van der Waals surface area contributed by atoms with Gasteiger partial charge in [-0.15, -0.1) is 0 Å². The van der Waals surface area contributed by atoms with E-state index >= 15 is 0 Å². The van der Waals surface area contributed by atoms with Gasteiger partial charge in [-0.25, -0.2) is 0 Å². The smallest absolute Gasteiger partial charge is 0.0680 e. The molecule has 0 amide bonds. The summed E-state index contributed by atoms with van der Waals surface area (Å²) in [4.78, 5) is 0. The Balaban J connectivity index is 1.45. The van der Waals surface area contributed by atoms with Gasteiger partial charge in [-0.2, -0.15) is 0 Å². The van der Waals surface area contributed by atoms with Crippen LogP contribution in [0.4, 0.5) is 0 Å². The lowest BCUT2D eigenvalue weighted by atomic mass is 9.38. The lowest BCUT2D eigenvalue weighted by molar-refractivity contribution is 1.76. The number of rotatable bonds is 1. The van der Waals surface area contributed by atoms with Crippen LogP contribution >= 0.6 is 0 Å². The topological polar surface area (TPSA) is 0 Å². The van der Waals surface area contributed by atoms with Gasteiger partial charge in [0.1, 0.15) is 0 Å². The largest absolute Gasteiger partial charge is 0.242 e. The van der Waals surface area contributed by atoms with E-state index in [-0.39, 0.29) is 6.71 Å². The second-order valence-corrected chi connectivity index (χ2v) is 10.5. The molecule has 0 unspecified atom stereocenters. The van der Waals surface area contributed by atoms with Gasteiger partial charge in [-0.3, -0.25) is 0 Å². The summed E-state index contributed by atoms with van der Waals surface area (Å²) in [6, 6.07) is 47.8. The molecule has 0 saturated heterocycles. The fraction of sp³-hybridized carbons (Fsp3) is 0. The van der Waals surface area contributed by atoms with Gasteiger partial charge in [0.05, 0.1) is 0 Å². The van der Waals surface area contributed by atoms with Crippen molar-refractivity contribution in [2.75, 3.05) is 0 Å². The first-order valence-corrected chi connectivity index (χ1v) is 13.1. The first-order chi connectivity index (χ1) is 18.3. The summed E-state index contributed by atoms with van der Waals surface area (Å²) in [6.07, 6.45) is 0. The average Bonchev–Trinajstić information content (AvgIpc) is 3.27. The summed E-state index contributed by atoms with van der Waals surface area (Å²) in [5.41, 5.74) is 6.99. The van der Waals surface area contributed by atoms with Crippen LogP contribution in [0, 0.1) is 0 Å². The average molecular weight is 464 g/mol. The standard InChI is InChI=1S/C36H21B/c1-2-7-25-18-29(16-14-22(25)6-1)37-32-20-27-9-4-3-8-26(27)19-31(32)36-30-17-15-24-11-5-10-23-12-13-28(21-33(36)37)35(30)34(23)24/h1-21H. The lowest BCUT2D eigenvalue weighted by Crippen LogP contribution is -2.48. The molecule has 1 aliphatic heterocycles. The van der Waals surface area contributed by atoms with Gasteiger partial charge < -0.3 is 0 Å². The molecule has 0 bridgehead atoms. The molecule has 8 aromatic carbocycles. The Morgan fingerprint density at radius 3 is 1.78 bits per heavy atom. The van der Waals surface area contributed by atoms with Crippen LogP contribution < -0.4 is 16.4 Å². The maximum absolute atomic E-state index is 2.48. The molecule has 1 aliphatic rings. The highest BCUT2D eigenvalue weighted by molar-refractivity contribution is 6.99. The molecule has 0 spiro atoms. The van der Waals surface area contributed by atoms with Crippen molar-refractivity contribution in [2.24, 2.45) is 0 Å². The number of hydrogen-bond donors (Lipinski definition) is 0. The Kier molecular flexibility index (Phi) is 3.69. The fourth-order valence-corrected chi connectivity index (χ4v) is 6.99. The Labute approximate surface area is 215 Å². The predicted molar refractivity (Wildman–Crippen MR) is 162 cm³/mol. The maximum atomic E-state index is 2.48. The van der Waals surface area contributed by atoms with Crippen molar-refractivity contribution < 1.29 is 0 Å². The highest BCUT2D eigenvalue weighted by atomic mass is 14.2. The molecule has 0 saturated carbocycles. The predicted octanol–water partition coefficient (Wildman–Crippen LogP) is 7.39. The second-order valence-electron chi connectivity index (χ2n) is 10.5. The molecule has 1 heteroatoms. The Hall–Kier alpha value is -4.62. The van der Waals surface area contributed by atoms with Crippen LogP contribution in [0.25, 0.3) is 65.0 Å². The van der Waals surface area contributed by atoms with Crippen molar-refractivity contribution in [1.82, 2.24) is 0 Å². The molecule has 168 valence electrons. The molecule has 0 aliphatic carbocycles. The van der Waals surface area contributed by atoms with Crippen molar-refractivity contribution >= 4 is 77.0 Å². The molecule has 0 nitrogen and oxygen atoms in total. The van der Waals surface area contributed by atoms with E-state index in [0.717, 1.165) is 0 Å². The molecule has 0 radical (unpaired) electrons. The molecule has 0 aromatic heterocycles. The summed E-state index contributed by atoms with van der Waals surface area (Å²) in [5.74, 6) is 0. The van der Waals surface area contributed by atoms with E-state index in [2.05, 4.69) is 127 Å². The highest BCUT2D eigenvalue weighted by Crippen LogP contribution is 2.40. The molecule has 0 N–H and O–H groups in total. The van der Waals surface area contributed by atoms with Crippen LogP contribution in [0.15, 0.2) is 127 Å². The number of benzene rings is 8. The van der Waals surface area contributed by atoms with Crippen LogP contribution in [0.1, 0.15) is 0 Å². The van der Waals surface area contributed by atoms with E-state index < -0.39 is 0 Å². The summed E-state index contributed by atoms with van der Waals surface area (Å²) in [5, 5.41) is 13.3. The van der Waals surface area contributed by atoms with E-state index in [9.17, 15) is 0 Å². The number of hydrogen-bond acceptors (Lipinski definition) is 0. The fourth-order valence-electron chi connectivity index (χ4n) is 6.99. The van der Waals surface area contributed by atoms with Gasteiger partial charge in [-0.1, -0.05) is 138 Å². The minimum Gasteiger partial charge on any atom is -0.0680 e. The SMILES string of the molecule is c1ccc2cc(B3c4cc5ccccc5cc4-c4c3cc3ccc5cccc6ccc4c3c56)ccc2c1. The van der Waals surface area contributed by atoms with Crippen molar-refractivity contribution in [1.29, 1.82) is 0 Å². The maximum Gasteiger partial charge on any atom is 0.242 e. The van der Waals surface area contributed by atoms with Crippen molar-refractivity contribution in [3.05, 3.63) is 127 Å². The molecule has 1 heterocycles. The van der Waals surface area contributed by atoms with Crippen LogP contribution in [0.3, 0.4) is 0 Å². The Morgan fingerprint density at radius 2 is 0.973 bits per heavy atom. The third-order valence-electron chi connectivity index (χ3n) is 8.59. The molecule has 37 heavy (non-hydrogen) atoms. The van der Waals surface area contributed by atoms with Gasteiger partial charge in [0.25, 0.3) is 0 Å². The van der Waals surface area contributed by atoms with E-state index in [1.54, 1.807) is 0 Å². The van der Waals surface area contributed by atoms with E-state index in [0.29, 0.717) is 0 Å². The van der Waals surface area contributed by atoms with E-state index in [1.807, 2.05) is 0 Å². The van der Waals surface area contributed by atoms with E-state index in [4.69, 9.17) is 0 Å². The van der Waals surface area contributed by atoms with Crippen LogP contribution in [0.5, 0.6) is 0 Å². The summed E-state index contributed by atoms with van der Waals surface area (Å²) < 4.78 is 0. The zero-order chi connectivity index (χ0) is 24.1. The lowest BCUT2D eigenvalue weighted by Gasteiger charge is -2.16. The minimum atomic E-state index is 0.209. The normalized spacial score (nSPS) is 12.8. The van der Waals surface area contributed by atoms with Gasteiger partial charge in [-0.05, 0) is 71.1 Å². The summed E-state index contributed by atoms with van der Waals surface area (Å²) in [6.45, 7) is 0.209. The third-order valence-corrected chi connectivity index (χ3v) is 8.59. The van der Waals surface area contributed by atoms with Gasteiger partial charge >= 0.3 is 0 Å². The van der Waals surface area contributed by atoms with Crippen molar-refractivity contribution in [3.8, 4) is 11.1 Å². The summed E-state index contributed by atoms with van der Waals surface area (Å²) in [7, 11) is 0. The van der Waals surface area contributed by atoms with Crippen LogP contribution in [-0.2, 0) is 0 Å². The Bertz CT molecular complexity index is 2190. The minimum absolute atomic E-state index is 0.209. The Morgan fingerprint density at radius 1 is 0.378 bits per heavy atom. The van der Waals surface area contributed by atoms with Crippen LogP contribution in [0.2, 0.25) is 0 Å². The highest BCUT2D eigenvalue weighted by Gasteiger charge is 2.35. The molecular formula is C36H21B. The van der Waals surface area contributed by atoms with Crippen molar-refractivity contribution in [2.45, 2.75) is 0 Å². The molecule has 0 fully saturated rings. The first-order valence-electron chi connectivity index (χ1n) is 13.1. The second kappa shape index (κ2) is 6.99. The quantitative estimate of drug-likeness (QED) is 0.176. The molecular weight excluding hydrogens is 443 g/mol. The molecule has 8 aromatic rings. The van der Waals surface area contributed by atoms with Gasteiger partial charge in [0.15, 0.2) is 0 Å². The molecule has 9 rings (SSSR count). The monoisotopic (exact) mass is 464 g/mol. The number of fused-ring (bicyclic) bond motifs is 6. The zero-order valence-electron chi connectivity index (χ0n) is 20.2. The summed E-state index contributed by atoms with van der Waals surface area (Å²) >= 11 is 0. The van der Waals surface area contributed by atoms with Crippen LogP contribution in [-0.4, -0.2) is 6.71 Å².